The van der Waals surface area contributed by atoms with Gasteiger partial charge in [-0.15, -0.1) is 0 Å². The van der Waals surface area contributed by atoms with Crippen molar-refractivity contribution in [2.75, 3.05) is 123 Å². The first kappa shape index (κ1) is 91.9. The Morgan fingerprint density at radius 1 is 0.602 bits per heavy atom. The topological polar surface area (TPSA) is 357 Å². The third kappa shape index (κ3) is 27.8. The molecule has 7 rings (SSSR count). The van der Waals surface area contributed by atoms with Crippen molar-refractivity contribution in [2.24, 2.45) is 0 Å². The standard InChI is InChI=1S/C70H90N3O22PS4.3Na/c1-69(32-16-48-97(77,78)79)60-51-57(99(83,84)85)27-30-62(60)72(35-13-7-8-18-54(74)19-15-34-71-67(75)53-26-29-59(68(76)90-4)64(50-53)96(55-20-9-5-10-21-55)56-22-11-6-12-23-56)65(69)24-14-25-66-70(2,33-17-49-98(80,81)82)61-52-58(100(86,87)88)28-31-63(61)73(66)36-37-91-40-41-93-44-45-95-47-46-94-43-42-92-39-38-89-3;;;/h5-6,9-12,14,20-31,50-52H,7-8,13,15-19,32-49H2,1-4H3,(H4-,71,75,77,78,79,80,81,82,83,84,85,86,87,88);;;/q;3*+1/p-1. The van der Waals surface area contributed by atoms with Gasteiger partial charge in [0.15, 0.2) is 5.71 Å². The second-order valence-electron chi connectivity index (χ2n) is 24.3. The number of nitrogens with one attached hydrogen (secondary N) is 1. The van der Waals surface area contributed by atoms with Crippen molar-refractivity contribution < 1.29 is 193 Å². The molecule has 5 aromatic carbocycles. The number of esters is 1. The molecule has 25 nitrogen and oxygen atoms in total. The van der Waals surface area contributed by atoms with Crippen LogP contribution in [0.25, 0.3) is 0 Å². The van der Waals surface area contributed by atoms with Crippen LogP contribution in [0.3, 0.4) is 0 Å². The fourth-order valence-electron chi connectivity index (χ4n) is 12.3. The summed E-state index contributed by atoms with van der Waals surface area (Å²) in [7, 11) is -17.4. The molecule has 1 amide bonds. The van der Waals surface area contributed by atoms with Crippen LogP contribution < -0.4 is 115 Å². The Kier molecular flexibility index (Phi) is 39.4. The van der Waals surface area contributed by atoms with Gasteiger partial charge in [-0.25, -0.2) is 21.6 Å². The van der Waals surface area contributed by atoms with E-state index in [4.69, 9.17) is 33.2 Å². The molecule has 33 heteroatoms. The van der Waals surface area contributed by atoms with E-state index in [1.54, 1.807) is 57.4 Å². The summed E-state index contributed by atoms with van der Waals surface area (Å²) >= 11 is 0. The molecule has 103 heavy (non-hydrogen) atoms. The third-order valence-electron chi connectivity index (χ3n) is 17.2. The smallest absolute Gasteiger partial charge is 0.748 e. The number of allylic oxidation sites excluding steroid dienone is 4. The van der Waals surface area contributed by atoms with E-state index in [1.807, 2.05) is 70.1 Å². The molecule has 2 unspecified atom stereocenters. The number of fused-ring (bicyclic) bond motifs is 2. The summed E-state index contributed by atoms with van der Waals surface area (Å²) in [6.45, 7) is 7.71. The van der Waals surface area contributed by atoms with Crippen molar-refractivity contribution in [3.63, 3.8) is 0 Å². The van der Waals surface area contributed by atoms with Gasteiger partial charge in [0.1, 0.15) is 22.4 Å². The number of hydrogen-bond acceptors (Lipinski definition) is 21. The van der Waals surface area contributed by atoms with Crippen molar-refractivity contribution in [3.05, 3.63) is 161 Å². The van der Waals surface area contributed by atoms with E-state index in [1.165, 1.54) is 43.5 Å². The van der Waals surface area contributed by atoms with E-state index in [2.05, 4.69) is 5.32 Å². The SMILES string of the molecule is COCCOCCOCCOCCOCCOCCN1C(=CC=CC2=[N+](CCCCCC(=O)CCCNC(=O)c3ccc(C(=O)OC)c(P(c4ccccc4)c4ccccc4)c3)c3ccc(S(=O)(=O)[O-])cc3C2(C)CCCS(=O)(=O)[O-])C(C)(CCCS(=O)(=O)O)c2cc(S(=O)(=O)O)ccc21.[Na+].[Na+].[Na+]. The number of nitrogens with zero attached hydrogens (tertiary/aromatic N) is 2. The van der Waals surface area contributed by atoms with Crippen LogP contribution in [0.4, 0.5) is 11.4 Å². The number of benzene rings is 5. The molecule has 0 spiro atoms. The molecule has 0 aromatic heterocycles. The van der Waals surface area contributed by atoms with Crippen molar-refractivity contribution in [2.45, 2.75) is 98.7 Å². The maximum Gasteiger partial charge on any atom is 1.00 e. The monoisotopic (exact) mass is 1550 g/mol. The number of methoxy groups -OCH3 is 2. The van der Waals surface area contributed by atoms with Gasteiger partial charge in [-0.05, 0) is 137 Å². The number of hydrogen-bond donors (Lipinski definition) is 3. The normalized spacial score (nSPS) is 16.3. The molecule has 0 bridgehead atoms. The van der Waals surface area contributed by atoms with Gasteiger partial charge in [-0.3, -0.25) is 18.7 Å². The Morgan fingerprint density at radius 2 is 1.15 bits per heavy atom. The molecule has 2 atom stereocenters. The number of anilines is 1. The third-order valence-corrected chi connectivity index (χ3v) is 23.0. The van der Waals surface area contributed by atoms with Gasteiger partial charge in [0.05, 0.1) is 116 Å². The van der Waals surface area contributed by atoms with E-state index >= 15 is 0 Å². The number of carbonyl (C=O) groups is 3. The van der Waals surface area contributed by atoms with Crippen molar-refractivity contribution in [1.29, 1.82) is 0 Å². The van der Waals surface area contributed by atoms with Crippen LogP contribution in [0.5, 0.6) is 0 Å². The molecule has 546 valence electrons. The fraction of sp³-hybridized carbons (Fsp3) is 0.457. The van der Waals surface area contributed by atoms with Crippen molar-refractivity contribution in [3.8, 4) is 0 Å². The average Bonchev–Trinajstić information content (AvgIpc) is 1.59. The Hall–Kier alpha value is -3.51. The molecule has 5 aromatic rings. The number of ether oxygens (including phenoxy) is 7. The Labute approximate surface area is 673 Å². The molecular weight excluding hydrogens is 1460 g/mol. The van der Waals surface area contributed by atoms with Crippen LogP contribution in [-0.4, -0.2) is 198 Å². The molecule has 0 saturated heterocycles. The summed E-state index contributed by atoms with van der Waals surface area (Å²) in [6.07, 6.45) is 7.07. The summed E-state index contributed by atoms with van der Waals surface area (Å²) in [6, 6.07) is 32.3. The zero-order chi connectivity index (χ0) is 72.6. The number of unbranched alkanes of at least 4 members (excludes halogenated alkanes) is 2. The molecule has 3 N–H and O–H groups in total. The Balaban J connectivity index is 0.00000749. The molecule has 2 aliphatic rings. The van der Waals surface area contributed by atoms with Crippen LogP contribution in [0.15, 0.2) is 149 Å². The molecule has 0 radical (unpaired) electrons. The average molecular weight is 1550 g/mol. The van der Waals surface area contributed by atoms with E-state index in [-0.39, 0.29) is 185 Å². The molecular formula is C70H89N3Na3O22PS4+2. The van der Waals surface area contributed by atoms with E-state index in [9.17, 15) is 66.3 Å². The van der Waals surface area contributed by atoms with Gasteiger partial charge in [0, 0.05) is 90.6 Å². The minimum atomic E-state index is -5.03. The summed E-state index contributed by atoms with van der Waals surface area (Å²) in [4.78, 5) is 41.1. The van der Waals surface area contributed by atoms with Crippen LogP contribution in [0, 0.1) is 0 Å². The number of carbonyl (C=O) groups excluding carboxylic acids is 3. The molecule has 0 aliphatic carbocycles. The van der Waals surface area contributed by atoms with Crippen LogP contribution >= 0.6 is 7.92 Å². The second kappa shape index (κ2) is 44.2. The molecule has 2 heterocycles. The summed E-state index contributed by atoms with van der Waals surface area (Å²) in [5.74, 6) is -2.36. The predicted octanol–water partition coefficient (Wildman–Crippen LogP) is -1.97. The summed E-state index contributed by atoms with van der Waals surface area (Å²) in [5.41, 5.74) is 0.977. The first-order valence-corrected chi connectivity index (χ1v) is 40.2. The molecule has 0 saturated carbocycles. The zero-order valence-electron chi connectivity index (χ0n) is 59.6. The Morgan fingerprint density at radius 3 is 1.70 bits per heavy atom. The van der Waals surface area contributed by atoms with E-state index < -0.39 is 86.5 Å². The van der Waals surface area contributed by atoms with Gasteiger partial charge >= 0.3 is 94.6 Å². The molecule has 0 fully saturated rings. The Bertz CT molecular complexity index is 4140. The van der Waals surface area contributed by atoms with Crippen molar-refractivity contribution >= 4 is 99.1 Å². The van der Waals surface area contributed by atoms with Crippen LogP contribution in [0.1, 0.15) is 110 Å². The van der Waals surface area contributed by atoms with Crippen LogP contribution in [0.2, 0.25) is 0 Å². The van der Waals surface area contributed by atoms with Crippen LogP contribution in [-0.2, 0) is 89.3 Å². The minimum Gasteiger partial charge on any atom is -0.748 e. The minimum absolute atomic E-state index is 0. The number of ketones is 1. The second-order valence-corrected chi connectivity index (χ2v) is 32.4. The van der Waals surface area contributed by atoms with Crippen molar-refractivity contribution in [1.82, 2.24) is 5.32 Å². The fourth-order valence-corrected chi connectivity index (χ4v) is 16.8. The number of Topliss-reactive ketones (excluding diaryl/α,β-unsaturated/α-hetero) is 1. The zero-order valence-corrected chi connectivity index (χ0v) is 69.8. The van der Waals surface area contributed by atoms with Gasteiger partial charge in [0.25, 0.3) is 26.1 Å². The van der Waals surface area contributed by atoms with Gasteiger partial charge in [0.2, 0.25) is 5.69 Å². The van der Waals surface area contributed by atoms with Gasteiger partial charge in [-0.1, -0.05) is 66.7 Å². The largest absolute Gasteiger partial charge is 1.00 e. The summed E-state index contributed by atoms with van der Waals surface area (Å²) < 4.78 is 184. The van der Waals surface area contributed by atoms with Gasteiger partial charge < -0.3 is 52.5 Å². The first-order chi connectivity index (χ1) is 47.6. The first-order valence-electron chi connectivity index (χ1n) is 32.8. The number of rotatable bonds is 45. The van der Waals surface area contributed by atoms with E-state index in [0.29, 0.717) is 122 Å². The van der Waals surface area contributed by atoms with Gasteiger partial charge in [-0.2, -0.15) is 21.4 Å². The molecule has 2 aliphatic heterocycles. The number of amides is 1. The predicted molar refractivity (Wildman–Crippen MR) is 377 cm³/mol. The maximum absolute atomic E-state index is 13.7. The quantitative estimate of drug-likeness (QED) is 0.00950. The maximum atomic E-state index is 13.7. The summed E-state index contributed by atoms with van der Waals surface area (Å²) in [5, 5.41) is 5.50. The van der Waals surface area contributed by atoms with E-state index in [0.717, 1.165) is 10.6 Å².